The predicted molar refractivity (Wildman–Crippen MR) is 271 cm³/mol. The number of carbonyl (C=O) groups is 10. The zero-order valence-corrected chi connectivity index (χ0v) is 41.5. The molecular weight excluding hydrogens is 961 g/mol. The summed E-state index contributed by atoms with van der Waals surface area (Å²) in [6.45, 7) is 2.02. The number of hydrogen-bond donors (Lipinski definition) is 12. The van der Waals surface area contributed by atoms with Gasteiger partial charge in [0, 0.05) is 30.8 Å². The third-order valence-electron chi connectivity index (χ3n) is 12.3. The number of anilines is 2. The van der Waals surface area contributed by atoms with E-state index in [-0.39, 0.29) is 51.5 Å². The molecule has 0 saturated heterocycles. The first kappa shape index (κ1) is 58.3. The van der Waals surface area contributed by atoms with Crippen molar-refractivity contribution in [2.45, 2.75) is 127 Å². The highest BCUT2D eigenvalue weighted by atomic mass is 16.5. The number of amides is 10. The first-order valence-corrected chi connectivity index (χ1v) is 24.4. The standard InChI is InChI=1S/C51H68N10O13/c1-30-11-6-7-14-36(30)60-51(73)55-34-22-18-32(19-23-34)28-41(62)56-37(15-8-9-26-54-50(53)72)46(68)57-38(16-10-17-42(63)64)47(69)61-44(33-12-4-3-5-13-33)49(71)59-40(29-43(65)66)48(70)58-39(45(52)67)27-31-20-24-35(74-2)25-21-31/h6-7,11,14,18-25,33,37-40,44H,3-5,8-10,12-13,15-17,26-29H2,1-2H3,(H2,52,67)(H,56,62)(H,57,68)(H,58,70)(H,59,71)(H,61,69)(H,63,64)(H,65,66)(H3,53,54,72)(H2,55,60,73)/t37-,38-,39+,40-,44+/m0/s1. The number of methoxy groups -OCH3 is 1. The van der Waals surface area contributed by atoms with Gasteiger partial charge in [0.05, 0.1) is 20.0 Å². The molecule has 400 valence electrons. The van der Waals surface area contributed by atoms with Crippen LogP contribution in [-0.2, 0) is 51.2 Å². The van der Waals surface area contributed by atoms with Crippen LogP contribution in [0.1, 0.15) is 93.7 Å². The fourth-order valence-corrected chi connectivity index (χ4v) is 8.34. The number of nitrogens with one attached hydrogen (secondary N) is 8. The second kappa shape index (κ2) is 29.9. The molecule has 10 amide bonds. The van der Waals surface area contributed by atoms with Gasteiger partial charge in [0.15, 0.2) is 0 Å². The Morgan fingerprint density at radius 2 is 1.23 bits per heavy atom. The second-order valence-electron chi connectivity index (χ2n) is 18.1. The van der Waals surface area contributed by atoms with Crippen molar-refractivity contribution >= 4 is 70.8 Å². The molecule has 0 spiro atoms. The molecule has 1 aliphatic carbocycles. The molecule has 23 heteroatoms. The van der Waals surface area contributed by atoms with Gasteiger partial charge in [-0.2, -0.15) is 0 Å². The van der Waals surface area contributed by atoms with E-state index in [0.717, 1.165) is 12.0 Å². The van der Waals surface area contributed by atoms with Gasteiger partial charge in [-0.25, -0.2) is 9.59 Å². The largest absolute Gasteiger partial charge is 0.497 e. The van der Waals surface area contributed by atoms with Gasteiger partial charge in [0.1, 0.15) is 36.0 Å². The van der Waals surface area contributed by atoms with E-state index in [1.165, 1.54) is 7.11 Å². The van der Waals surface area contributed by atoms with E-state index in [9.17, 15) is 58.2 Å². The van der Waals surface area contributed by atoms with Crippen LogP contribution in [0, 0.1) is 12.8 Å². The third kappa shape index (κ3) is 20.5. The molecule has 0 aromatic heterocycles. The lowest BCUT2D eigenvalue weighted by molar-refractivity contribution is -0.141. The van der Waals surface area contributed by atoms with Gasteiger partial charge >= 0.3 is 24.0 Å². The number of nitrogens with two attached hydrogens (primary N) is 2. The SMILES string of the molecule is COc1ccc(C[C@@H](NC(=O)[C@H](CC(=O)O)NC(=O)[C@H](NC(=O)[C@H](CCCC(=O)O)NC(=O)[C@H](CCCCNC(N)=O)NC(=O)Cc2ccc(NC(=O)Nc3ccccc3C)cc2)C2CCCCC2)C(N)=O)cc1. The number of rotatable bonds is 29. The van der Waals surface area contributed by atoms with E-state index in [4.69, 9.17) is 16.2 Å². The van der Waals surface area contributed by atoms with E-state index in [1.807, 2.05) is 19.1 Å². The number of carboxylic acid groups (broad SMARTS) is 2. The highest BCUT2D eigenvalue weighted by Crippen LogP contribution is 2.27. The van der Waals surface area contributed by atoms with Crippen molar-refractivity contribution in [1.29, 1.82) is 0 Å². The Bertz CT molecular complexity index is 2430. The summed E-state index contributed by atoms with van der Waals surface area (Å²) in [7, 11) is 1.47. The summed E-state index contributed by atoms with van der Waals surface area (Å²) < 4.78 is 5.16. The maximum Gasteiger partial charge on any atom is 0.323 e. The normalized spacial score (nSPS) is 14.2. The van der Waals surface area contributed by atoms with Crippen molar-refractivity contribution < 1.29 is 62.9 Å². The molecule has 0 unspecified atom stereocenters. The van der Waals surface area contributed by atoms with Crippen LogP contribution in [-0.4, -0.2) is 114 Å². The zero-order valence-electron chi connectivity index (χ0n) is 41.5. The van der Waals surface area contributed by atoms with Crippen molar-refractivity contribution in [3.8, 4) is 5.75 Å². The molecule has 1 saturated carbocycles. The van der Waals surface area contributed by atoms with Gasteiger partial charge in [-0.3, -0.25) is 38.4 Å². The molecule has 0 heterocycles. The minimum atomic E-state index is -1.74. The van der Waals surface area contributed by atoms with Crippen LogP contribution < -0.4 is 58.7 Å². The van der Waals surface area contributed by atoms with Crippen LogP contribution in [0.25, 0.3) is 0 Å². The van der Waals surface area contributed by atoms with Gasteiger partial charge in [0.2, 0.25) is 35.4 Å². The number of unbranched alkanes of at least 4 members (excludes halogenated alkanes) is 1. The van der Waals surface area contributed by atoms with E-state index < -0.39 is 102 Å². The van der Waals surface area contributed by atoms with Gasteiger partial charge in [-0.05, 0) is 105 Å². The molecular formula is C51H68N10O13. The minimum absolute atomic E-state index is 0.0250. The Morgan fingerprint density at radius 3 is 1.85 bits per heavy atom. The molecule has 5 atom stereocenters. The fourth-order valence-electron chi connectivity index (χ4n) is 8.34. The average Bonchev–Trinajstić information content (AvgIpc) is 3.35. The quantitative estimate of drug-likeness (QED) is 0.0445. The van der Waals surface area contributed by atoms with Crippen LogP contribution in [0.3, 0.4) is 0 Å². The molecule has 3 aromatic carbocycles. The molecule has 0 aliphatic heterocycles. The summed E-state index contributed by atoms with van der Waals surface area (Å²) in [5.74, 6) is -7.78. The first-order valence-electron chi connectivity index (χ1n) is 24.4. The van der Waals surface area contributed by atoms with Crippen LogP contribution in [0.2, 0.25) is 0 Å². The molecule has 74 heavy (non-hydrogen) atoms. The van der Waals surface area contributed by atoms with Gasteiger partial charge in [-0.15, -0.1) is 0 Å². The number of ether oxygens (including phenoxy) is 1. The zero-order chi connectivity index (χ0) is 54.2. The highest BCUT2D eigenvalue weighted by molar-refractivity contribution is 6.00. The maximum absolute atomic E-state index is 14.3. The van der Waals surface area contributed by atoms with E-state index in [0.29, 0.717) is 60.4 Å². The number of hydrogen-bond acceptors (Lipinski definition) is 11. The summed E-state index contributed by atoms with van der Waals surface area (Å²) in [6.07, 6.45) is 1.88. The van der Waals surface area contributed by atoms with Crippen LogP contribution in [0.4, 0.5) is 21.0 Å². The lowest BCUT2D eigenvalue weighted by atomic mass is 9.83. The lowest BCUT2D eigenvalue weighted by Crippen LogP contribution is -2.61. The van der Waals surface area contributed by atoms with Crippen LogP contribution >= 0.6 is 0 Å². The van der Waals surface area contributed by atoms with E-state index in [1.54, 1.807) is 60.7 Å². The topological polar surface area (TPSA) is 369 Å². The van der Waals surface area contributed by atoms with Gasteiger partial charge in [0.25, 0.3) is 0 Å². The third-order valence-corrected chi connectivity index (χ3v) is 12.3. The Balaban J connectivity index is 1.51. The number of carbonyl (C=O) groups excluding carboxylic acids is 8. The van der Waals surface area contributed by atoms with Crippen molar-refractivity contribution in [3.05, 3.63) is 89.5 Å². The molecule has 0 radical (unpaired) electrons. The number of para-hydroxylation sites is 1. The number of aliphatic carboxylic acids is 2. The Morgan fingerprint density at radius 1 is 0.635 bits per heavy atom. The van der Waals surface area contributed by atoms with E-state index >= 15 is 0 Å². The van der Waals surface area contributed by atoms with Crippen molar-refractivity contribution in [1.82, 2.24) is 31.9 Å². The van der Waals surface area contributed by atoms with Gasteiger partial charge < -0.3 is 69.0 Å². The predicted octanol–water partition coefficient (Wildman–Crippen LogP) is 2.49. The van der Waals surface area contributed by atoms with Gasteiger partial charge in [-0.1, -0.05) is 61.7 Å². The number of carboxylic acids is 2. The smallest absolute Gasteiger partial charge is 0.323 e. The molecule has 23 nitrogen and oxygen atoms in total. The number of primary amides is 2. The molecule has 1 aliphatic rings. The summed E-state index contributed by atoms with van der Waals surface area (Å²) in [4.78, 5) is 130. The fraction of sp³-hybridized carbons (Fsp3) is 0.451. The maximum atomic E-state index is 14.3. The molecule has 4 rings (SSSR count). The Kier molecular flexibility index (Phi) is 23.6. The van der Waals surface area contributed by atoms with E-state index in [2.05, 4.69) is 42.5 Å². The van der Waals surface area contributed by atoms with Crippen LogP contribution in [0.5, 0.6) is 5.75 Å². The molecule has 14 N–H and O–H groups in total. The van der Waals surface area contributed by atoms with Crippen LogP contribution in [0.15, 0.2) is 72.8 Å². The van der Waals surface area contributed by atoms with Crippen molar-refractivity contribution in [3.63, 3.8) is 0 Å². The monoisotopic (exact) mass is 1030 g/mol. The molecule has 3 aromatic rings. The average molecular weight is 1030 g/mol. The highest BCUT2D eigenvalue weighted by Gasteiger charge is 2.37. The summed E-state index contributed by atoms with van der Waals surface area (Å²) in [5.41, 5.74) is 13.9. The number of benzene rings is 3. The summed E-state index contributed by atoms with van der Waals surface area (Å²) in [6, 6.07) is 11.9. The summed E-state index contributed by atoms with van der Waals surface area (Å²) >= 11 is 0. The van der Waals surface area contributed by atoms with Crippen molar-refractivity contribution in [2.24, 2.45) is 17.4 Å². The Labute approximate surface area is 428 Å². The second-order valence-corrected chi connectivity index (χ2v) is 18.1. The van der Waals surface area contributed by atoms with Crippen molar-refractivity contribution in [2.75, 3.05) is 24.3 Å². The Hall–Kier alpha value is -8.24. The molecule has 1 fully saturated rings. The lowest BCUT2D eigenvalue weighted by Gasteiger charge is -2.32. The number of urea groups is 2. The molecule has 0 bridgehead atoms. The minimum Gasteiger partial charge on any atom is -0.497 e. The number of aryl methyl sites for hydroxylation is 1. The summed E-state index contributed by atoms with van der Waals surface area (Å²) in [5, 5.41) is 40.1. The first-order chi connectivity index (χ1) is 35.3.